The van der Waals surface area contributed by atoms with Crippen molar-refractivity contribution in [3.8, 4) is 0 Å². The monoisotopic (exact) mass is 362 g/mol. The summed E-state index contributed by atoms with van der Waals surface area (Å²) in [5, 5.41) is 2.84. The Bertz CT molecular complexity index is 454. The lowest BCUT2D eigenvalue weighted by atomic mass is 9.78. The molecule has 2 aliphatic rings. The van der Waals surface area contributed by atoms with Gasteiger partial charge in [0.05, 0.1) is 5.92 Å². The molecule has 146 valence electrons. The van der Waals surface area contributed by atoms with Crippen LogP contribution in [-0.2, 0) is 4.79 Å². The highest BCUT2D eigenvalue weighted by molar-refractivity contribution is 5.79. The summed E-state index contributed by atoms with van der Waals surface area (Å²) in [7, 11) is 0. The molecule has 1 amide bonds. The number of hydrogen-bond acceptors (Lipinski definition) is 2. The number of halogens is 3. The summed E-state index contributed by atoms with van der Waals surface area (Å²) in [6.45, 7) is 10.9. The van der Waals surface area contributed by atoms with Crippen LogP contribution in [0.5, 0.6) is 0 Å². The number of carbonyl (C=O) groups is 1. The van der Waals surface area contributed by atoms with E-state index in [1.807, 2.05) is 0 Å². The molecule has 1 aliphatic heterocycles. The van der Waals surface area contributed by atoms with Crippen molar-refractivity contribution in [2.75, 3.05) is 19.6 Å². The van der Waals surface area contributed by atoms with E-state index in [2.05, 4.69) is 37.9 Å². The Balaban J connectivity index is 1.95. The first-order valence-corrected chi connectivity index (χ1v) is 9.60. The maximum atomic E-state index is 13.2. The van der Waals surface area contributed by atoms with Gasteiger partial charge in [0, 0.05) is 31.1 Å². The molecular weight excluding hydrogens is 329 g/mol. The number of piperidine rings is 1. The minimum absolute atomic E-state index is 0.0755. The Kier molecular flexibility index (Phi) is 6.45. The maximum absolute atomic E-state index is 13.2. The largest absolute Gasteiger partial charge is 0.392 e. The Morgan fingerprint density at radius 3 is 2.20 bits per heavy atom. The van der Waals surface area contributed by atoms with Crippen LogP contribution in [-0.4, -0.2) is 42.2 Å². The third-order valence-corrected chi connectivity index (χ3v) is 5.94. The number of hydrogen-bond donors (Lipinski definition) is 1. The van der Waals surface area contributed by atoms with Crippen LogP contribution in [0.15, 0.2) is 0 Å². The van der Waals surface area contributed by atoms with Gasteiger partial charge in [-0.1, -0.05) is 26.7 Å². The fourth-order valence-electron chi connectivity index (χ4n) is 4.54. The van der Waals surface area contributed by atoms with Gasteiger partial charge in [0.1, 0.15) is 0 Å². The molecule has 1 saturated heterocycles. The van der Waals surface area contributed by atoms with E-state index in [0.29, 0.717) is 37.6 Å². The van der Waals surface area contributed by atoms with Gasteiger partial charge in [-0.05, 0) is 44.9 Å². The van der Waals surface area contributed by atoms with Crippen LogP contribution in [0.3, 0.4) is 0 Å². The van der Waals surface area contributed by atoms with Crippen molar-refractivity contribution in [3.63, 3.8) is 0 Å². The number of likely N-dealkylation sites (tertiary alicyclic amines) is 1. The van der Waals surface area contributed by atoms with E-state index in [9.17, 15) is 18.0 Å². The van der Waals surface area contributed by atoms with Crippen LogP contribution >= 0.6 is 0 Å². The Labute approximate surface area is 149 Å². The first-order valence-electron chi connectivity index (χ1n) is 9.60. The first kappa shape index (κ1) is 20.5. The molecule has 6 heteroatoms. The van der Waals surface area contributed by atoms with Gasteiger partial charge < -0.3 is 5.32 Å². The van der Waals surface area contributed by atoms with Gasteiger partial charge in [0.2, 0.25) is 5.91 Å². The molecule has 0 aromatic carbocycles. The maximum Gasteiger partial charge on any atom is 0.392 e. The van der Waals surface area contributed by atoms with Crippen molar-refractivity contribution >= 4 is 5.91 Å². The molecular formula is C19H33F3N2O. The summed E-state index contributed by atoms with van der Waals surface area (Å²) in [5.74, 6) is -1.63. The Morgan fingerprint density at radius 2 is 1.64 bits per heavy atom. The fourth-order valence-corrected chi connectivity index (χ4v) is 4.54. The van der Waals surface area contributed by atoms with Crippen LogP contribution < -0.4 is 5.32 Å². The van der Waals surface area contributed by atoms with E-state index in [-0.39, 0.29) is 12.0 Å². The second-order valence-corrected chi connectivity index (χ2v) is 8.92. The fraction of sp³-hybridized carbons (Fsp3) is 0.947. The number of amides is 1. The second kappa shape index (κ2) is 7.85. The van der Waals surface area contributed by atoms with Gasteiger partial charge in [-0.2, -0.15) is 13.2 Å². The van der Waals surface area contributed by atoms with Gasteiger partial charge in [0.15, 0.2) is 0 Å². The zero-order valence-electron chi connectivity index (χ0n) is 16.0. The number of alkyl halides is 3. The van der Waals surface area contributed by atoms with Crippen LogP contribution in [0.2, 0.25) is 0 Å². The lowest BCUT2D eigenvalue weighted by Gasteiger charge is -2.45. The molecule has 2 fully saturated rings. The topological polar surface area (TPSA) is 32.3 Å². The summed E-state index contributed by atoms with van der Waals surface area (Å²) >= 11 is 0. The summed E-state index contributed by atoms with van der Waals surface area (Å²) in [6.07, 6.45) is -1.40. The third kappa shape index (κ3) is 5.35. The summed E-state index contributed by atoms with van der Waals surface area (Å²) < 4.78 is 39.6. The molecule has 4 unspecified atom stereocenters. The van der Waals surface area contributed by atoms with Crippen LogP contribution in [0.1, 0.15) is 59.8 Å². The molecule has 0 radical (unpaired) electrons. The minimum Gasteiger partial charge on any atom is -0.354 e. The van der Waals surface area contributed by atoms with Gasteiger partial charge in [-0.3, -0.25) is 9.69 Å². The van der Waals surface area contributed by atoms with Gasteiger partial charge in [-0.15, -0.1) is 0 Å². The quantitative estimate of drug-likeness (QED) is 0.812. The number of nitrogens with one attached hydrogen (secondary N) is 1. The first-order chi connectivity index (χ1) is 11.5. The highest BCUT2D eigenvalue weighted by Gasteiger charge is 2.48. The minimum atomic E-state index is -4.28. The van der Waals surface area contributed by atoms with E-state index in [1.54, 1.807) is 0 Å². The summed E-state index contributed by atoms with van der Waals surface area (Å²) in [6, 6.07) is 0. The van der Waals surface area contributed by atoms with E-state index in [1.165, 1.54) is 6.42 Å². The van der Waals surface area contributed by atoms with Crippen molar-refractivity contribution in [2.24, 2.45) is 23.7 Å². The SMILES string of the molecule is CC1CC(C)CN(C(C)(C)CNC(=O)C2CCCCC2C(F)(F)F)C1. The highest BCUT2D eigenvalue weighted by Crippen LogP contribution is 2.41. The highest BCUT2D eigenvalue weighted by atomic mass is 19.4. The standard InChI is InChI=1S/C19H33F3N2O/c1-13-9-14(2)11-24(10-13)18(3,4)12-23-17(25)15-7-5-6-8-16(15)19(20,21)22/h13-16H,5-12H2,1-4H3,(H,23,25). The van der Waals surface area contributed by atoms with E-state index in [0.717, 1.165) is 13.1 Å². The van der Waals surface area contributed by atoms with Crippen molar-refractivity contribution in [1.82, 2.24) is 10.2 Å². The molecule has 1 saturated carbocycles. The lowest BCUT2D eigenvalue weighted by molar-refractivity contribution is -0.198. The lowest BCUT2D eigenvalue weighted by Crippen LogP contribution is -2.57. The van der Waals surface area contributed by atoms with Crippen molar-refractivity contribution in [3.05, 3.63) is 0 Å². The molecule has 0 bridgehead atoms. The molecule has 1 heterocycles. The normalized spacial score (nSPS) is 32.4. The molecule has 4 atom stereocenters. The third-order valence-electron chi connectivity index (χ3n) is 5.94. The van der Waals surface area contributed by atoms with Gasteiger partial charge in [-0.25, -0.2) is 0 Å². The molecule has 1 aliphatic carbocycles. The second-order valence-electron chi connectivity index (χ2n) is 8.92. The molecule has 2 rings (SSSR count). The molecule has 1 N–H and O–H groups in total. The van der Waals surface area contributed by atoms with Crippen LogP contribution in [0.4, 0.5) is 13.2 Å². The predicted molar refractivity (Wildman–Crippen MR) is 93.1 cm³/mol. The zero-order valence-corrected chi connectivity index (χ0v) is 16.0. The predicted octanol–water partition coefficient (Wildman–Crippen LogP) is 4.23. The number of rotatable bonds is 4. The smallest absolute Gasteiger partial charge is 0.354 e. The summed E-state index contributed by atoms with van der Waals surface area (Å²) in [5.41, 5.74) is -0.249. The van der Waals surface area contributed by atoms with Gasteiger partial charge in [0.25, 0.3) is 0 Å². The van der Waals surface area contributed by atoms with Gasteiger partial charge >= 0.3 is 6.18 Å². The van der Waals surface area contributed by atoms with Crippen LogP contribution in [0, 0.1) is 23.7 Å². The zero-order chi connectivity index (χ0) is 18.8. The average Bonchev–Trinajstić information content (AvgIpc) is 2.51. The van der Waals surface area contributed by atoms with Crippen molar-refractivity contribution in [1.29, 1.82) is 0 Å². The Hall–Kier alpha value is -0.780. The van der Waals surface area contributed by atoms with Crippen LogP contribution in [0.25, 0.3) is 0 Å². The molecule has 3 nitrogen and oxygen atoms in total. The molecule has 0 aromatic heterocycles. The van der Waals surface area contributed by atoms with Crippen molar-refractivity contribution in [2.45, 2.75) is 71.5 Å². The molecule has 0 aromatic rings. The summed E-state index contributed by atoms with van der Waals surface area (Å²) in [4.78, 5) is 14.9. The number of nitrogens with zero attached hydrogens (tertiary/aromatic N) is 1. The number of carbonyl (C=O) groups excluding carboxylic acids is 1. The molecule has 0 spiro atoms. The van der Waals surface area contributed by atoms with Crippen molar-refractivity contribution < 1.29 is 18.0 Å². The average molecular weight is 362 g/mol. The molecule has 25 heavy (non-hydrogen) atoms. The Morgan fingerprint density at radius 1 is 1.08 bits per heavy atom. The van der Waals surface area contributed by atoms with E-state index >= 15 is 0 Å². The van der Waals surface area contributed by atoms with E-state index < -0.39 is 23.9 Å². The van der Waals surface area contributed by atoms with E-state index in [4.69, 9.17) is 0 Å².